The van der Waals surface area contributed by atoms with Crippen LogP contribution in [0.4, 0.5) is 0 Å². The summed E-state index contributed by atoms with van der Waals surface area (Å²) in [5.41, 5.74) is 4.03. The van der Waals surface area contributed by atoms with Gasteiger partial charge in [-0.2, -0.15) is 0 Å². The topological polar surface area (TPSA) is 44.2 Å². The number of hydrogen-bond donors (Lipinski definition) is 2. The van der Waals surface area contributed by atoms with Crippen molar-refractivity contribution in [2.24, 2.45) is 0 Å². The first-order chi connectivity index (χ1) is 3.89. The van der Waals surface area contributed by atoms with Gasteiger partial charge in [-0.3, -0.25) is 0 Å². The molecule has 0 aromatic carbocycles. The molecule has 5 N–H and O–H groups in total. The van der Waals surface area contributed by atoms with Crippen molar-refractivity contribution in [3.63, 3.8) is 0 Å². The molecule has 1 aliphatic heterocycles. The molecular weight excluding hydrogens is 100 g/mol. The minimum Gasteiger partial charge on any atom is -0.350 e. The van der Waals surface area contributed by atoms with Crippen LogP contribution in [0.3, 0.4) is 0 Å². The van der Waals surface area contributed by atoms with Crippen LogP contribution in [0.2, 0.25) is 0 Å². The zero-order valence-corrected chi connectivity index (χ0v) is 5.40. The largest absolute Gasteiger partial charge is 0.350 e. The van der Waals surface area contributed by atoms with Crippen LogP contribution < -0.4 is 11.1 Å². The molecule has 0 aromatic rings. The maximum Gasteiger partial charge on any atom is 0.134 e. The van der Waals surface area contributed by atoms with E-state index in [0.29, 0.717) is 0 Å². The van der Waals surface area contributed by atoms with Gasteiger partial charge in [0.1, 0.15) is 12.6 Å². The highest BCUT2D eigenvalue weighted by Crippen LogP contribution is 1.95. The van der Waals surface area contributed by atoms with Gasteiger partial charge in [0.25, 0.3) is 0 Å². The SMILES string of the molecule is [NH3+][C@H]1CCCC[NH2+]C1. The first kappa shape index (κ1) is 6.05. The lowest BCUT2D eigenvalue weighted by Crippen LogP contribution is -2.89. The van der Waals surface area contributed by atoms with Crippen molar-refractivity contribution in [3.05, 3.63) is 0 Å². The number of quaternary nitrogens is 2. The Labute approximate surface area is 50.4 Å². The van der Waals surface area contributed by atoms with E-state index in [9.17, 15) is 0 Å². The molecule has 1 heterocycles. The molecule has 0 bridgehead atoms. The molecule has 0 unspecified atom stereocenters. The van der Waals surface area contributed by atoms with E-state index < -0.39 is 0 Å². The van der Waals surface area contributed by atoms with Crippen molar-refractivity contribution in [1.82, 2.24) is 0 Å². The van der Waals surface area contributed by atoms with Gasteiger partial charge in [-0.15, -0.1) is 0 Å². The molecule has 0 amide bonds. The van der Waals surface area contributed by atoms with Gasteiger partial charge in [-0.1, -0.05) is 0 Å². The average Bonchev–Trinajstić information content (AvgIpc) is 1.94. The second-order valence-electron chi connectivity index (χ2n) is 2.67. The molecule has 8 heavy (non-hydrogen) atoms. The highest BCUT2D eigenvalue weighted by atomic mass is 14.9. The van der Waals surface area contributed by atoms with Gasteiger partial charge in [0.2, 0.25) is 0 Å². The number of rotatable bonds is 0. The van der Waals surface area contributed by atoms with Crippen molar-refractivity contribution in [2.45, 2.75) is 25.3 Å². The molecule has 2 heteroatoms. The van der Waals surface area contributed by atoms with Crippen molar-refractivity contribution >= 4 is 0 Å². The van der Waals surface area contributed by atoms with E-state index in [-0.39, 0.29) is 0 Å². The van der Waals surface area contributed by atoms with Crippen LogP contribution >= 0.6 is 0 Å². The number of hydrogen-bond acceptors (Lipinski definition) is 0. The second-order valence-corrected chi connectivity index (χ2v) is 2.67. The molecule has 0 radical (unpaired) electrons. The standard InChI is InChI=1S/C6H14N2/c7-6-3-1-2-4-8-5-6/h6,8H,1-5,7H2/p+2/t6-/m0/s1. The third-order valence-corrected chi connectivity index (χ3v) is 1.77. The molecule has 0 aromatic heterocycles. The summed E-state index contributed by atoms with van der Waals surface area (Å²) in [6.45, 7) is 2.58. The summed E-state index contributed by atoms with van der Waals surface area (Å²) in [5, 5.41) is 2.38. The minimum atomic E-state index is 0.720. The first-order valence-corrected chi connectivity index (χ1v) is 3.54. The van der Waals surface area contributed by atoms with E-state index in [2.05, 4.69) is 11.1 Å². The molecule has 1 rings (SSSR count). The molecule has 1 aliphatic rings. The summed E-state index contributed by atoms with van der Waals surface area (Å²) < 4.78 is 0. The maximum absolute atomic E-state index is 4.03. The predicted molar refractivity (Wildman–Crippen MR) is 32.2 cm³/mol. The first-order valence-electron chi connectivity index (χ1n) is 3.54. The zero-order chi connectivity index (χ0) is 5.82. The van der Waals surface area contributed by atoms with Crippen LogP contribution in [-0.2, 0) is 0 Å². The van der Waals surface area contributed by atoms with E-state index >= 15 is 0 Å². The molecule has 0 spiro atoms. The highest BCUT2D eigenvalue weighted by Gasteiger charge is 2.10. The Hall–Kier alpha value is -0.0800. The van der Waals surface area contributed by atoms with Crippen LogP contribution in [-0.4, -0.2) is 19.1 Å². The maximum atomic E-state index is 4.03. The quantitative estimate of drug-likeness (QED) is 0.381. The Morgan fingerprint density at radius 1 is 1.38 bits per heavy atom. The fourth-order valence-corrected chi connectivity index (χ4v) is 1.19. The van der Waals surface area contributed by atoms with Gasteiger partial charge >= 0.3 is 0 Å². The molecule has 0 saturated carbocycles. The van der Waals surface area contributed by atoms with Crippen LogP contribution in [0, 0.1) is 0 Å². The summed E-state index contributed by atoms with van der Waals surface area (Å²) in [7, 11) is 0. The fraction of sp³-hybridized carbons (Fsp3) is 1.00. The Kier molecular flexibility index (Phi) is 2.30. The minimum absolute atomic E-state index is 0.720. The third-order valence-electron chi connectivity index (χ3n) is 1.77. The third kappa shape index (κ3) is 1.80. The normalized spacial score (nSPS) is 31.9. The zero-order valence-electron chi connectivity index (χ0n) is 5.40. The van der Waals surface area contributed by atoms with Crippen LogP contribution in [0.1, 0.15) is 19.3 Å². The van der Waals surface area contributed by atoms with Gasteiger partial charge < -0.3 is 11.1 Å². The van der Waals surface area contributed by atoms with Gasteiger partial charge in [0.05, 0.1) is 6.54 Å². The Balaban J connectivity index is 2.17. The predicted octanol–water partition coefficient (Wildman–Crippen LogP) is -1.66. The summed E-state index contributed by atoms with van der Waals surface area (Å²) in [5.74, 6) is 0. The van der Waals surface area contributed by atoms with Crippen LogP contribution in [0.25, 0.3) is 0 Å². The summed E-state index contributed by atoms with van der Waals surface area (Å²) in [4.78, 5) is 0. The Bertz CT molecular complexity index is 55.5. The van der Waals surface area contributed by atoms with Gasteiger partial charge in [0.15, 0.2) is 0 Å². The van der Waals surface area contributed by atoms with Crippen molar-refractivity contribution in [3.8, 4) is 0 Å². The van der Waals surface area contributed by atoms with E-state index in [1.807, 2.05) is 0 Å². The summed E-state index contributed by atoms with van der Waals surface area (Å²) in [6, 6.07) is 0.720. The number of nitrogens with two attached hydrogens (primary N) is 1. The lowest BCUT2D eigenvalue weighted by Gasteiger charge is -1.98. The lowest BCUT2D eigenvalue weighted by atomic mass is 10.2. The Morgan fingerprint density at radius 2 is 2.25 bits per heavy atom. The molecule has 0 aliphatic carbocycles. The summed E-state index contributed by atoms with van der Waals surface area (Å²) >= 11 is 0. The monoisotopic (exact) mass is 116 g/mol. The Morgan fingerprint density at radius 3 is 3.12 bits per heavy atom. The molecule has 2 nitrogen and oxygen atoms in total. The highest BCUT2D eigenvalue weighted by molar-refractivity contribution is 4.52. The molecular formula is C6H16N2+2. The van der Waals surface area contributed by atoms with Crippen LogP contribution in [0.5, 0.6) is 0 Å². The van der Waals surface area contributed by atoms with Crippen molar-refractivity contribution < 1.29 is 11.1 Å². The molecule has 1 fully saturated rings. The average molecular weight is 116 g/mol. The lowest BCUT2D eigenvalue weighted by molar-refractivity contribution is -0.677. The second kappa shape index (κ2) is 3.05. The van der Waals surface area contributed by atoms with E-state index in [0.717, 1.165) is 6.04 Å². The van der Waals surface area contributed by atoms with Crippen molar-refractivity contribution in [1.29, 1.82) is 0 Å². The van der Waals surface area contributed by atoms with Gasteiger partial charge in [-0.05, 0) is 12.8 Å². The summed E-state index contributed by atoms with van der Waals surface area (Å²) in [6.07, 6.45) is 4.13. The molecule has 1 saturated heterocycles. The van der Waals surface area contributed by atoms with Crippen LogP contribution in [0.15, 0.2) is 0 Å². The van der Waals surface area contributed by atoms with Gasteiger partial charge in [-0.25, -0.2) is 0 Å². The van der Waals surface area contributed by atoms with Crippen molar-refractivity contribution in [2.75, 3.05) is 13.1 Å². The fourth-order valence-electron chi connectivity index (χ4n) is 1.19. The van der Waals surface area contributed by atoms with Gasteiger partial charge in [0, 0.05) is 6.42 Å². The molecule has 48 valence electrons. The van der Waals surface area contributed by atoms with E-state index in [4.69, 9.17) is 0 Å². The molecule has 1 atom stereocenters. The van der Waals surface area contributed by atoms with E-state index in [1.54, 1.807) is 0 Å². The van der Waals surface area contributed by atoms with E-state index in [1.165, 1.54) is 32.4 Å². The smallest absolute Gasteiger partial charge is 0.134 e.